The van der Waals surface area contributed by atoms with Gasteiger partial charge in [0.05, 0.1) is 106 Å². The quantitative estimate of drug-likeness (QED) is 0.0543. The molecule has 3 N–H and O–H groups in total. The van der Waals surface area contributed by atoms with Crippen molar-refractivity contribution in [3.63, 3.8) is 0 Å². The van der Waals surface area contributed by atoms with Crippen LogP contribution in [-0.4, -0.2) is 134 Å². The smallest absolute Gasteiger partial charge is 0.381 e. The molecule has 54 heavy (non-hydrogen) atoms. The summed E-state index contributed by atoms with van der Waals surface area (Å²) in [6.07, 6.45) is 28.2. The fourth-order valence-corrected chi connectivity index (χ4v) is 3.49. The summed E-state index contributed by atoms with van der Waals surface area (Å²) in [5.74, 6) is 0. The zero-order valence-electron chi connectivity index (χ0n) is 34.7. The zero-order chi connectivity index (χ0) is 39.7. The highest BCUT2D eigenvalue weighted by Crippen LogP contribution is 2.25. The van der Waals surface area contributed by atoms with Crippen LogP contribution in [0.2, 0.25) is 0 Å². The third-order valence-corrected chi connectivity index (χ3v) is 6.92. The van der Waals surface area contributed by atoms with E-state index in [1.54, 1.807) is 0 Å². The van der Waals surface area contributed by atoms with Crippen LogP contribution in [0.1, 0.15) is 142 Å². The Hall–Kier alpha value is -0.250. The van der Waals surface area contributed by atoms with E-state index in [-0.39, 0.29) is 0 Å². The predicted molar refractivity (Wildman–Crippen MR) is 215 cm³/mol. The Morgan fingerprint density at radius 1 is 0.333 bits per heavy atom. The molecular formula is C40H85O13P. The van der Waals surface area contributed by atoms with Crippen molar-refractivity contribution in [1.29, 1.82) is 0 Å². The van der Waals surface area contributed by atoms with Crippen molar-refractivity contribution in [2.45, 2.75) is 142 Å². The van der Waals surface area contributed by atoms with E-state index in [4.69, 9.17) is 24.0 Å². The monoisotopic (exact) mass is 805 g/mol. The molecule has 14 heteroatoms. The van der Waals surface area contributed by atoms with Crippen molar-refractivity contribution in [2.75, 3.05) is 119 Å². The van der Waals surface area contributed by atoms with Gasteiger partial charge >= 0.3 is 7.82 Å². The van der Waals surface area contributed by atoms with Crippen LogP contribution in [0.15, 0.2) is 0 Å². The van der Waals surface area contributed by atoms with Gasteiger partial charge in [-0.15, -0.1) is 0 Å². The van der Waals surface area contributed by atoms with Gasteiger partial charge in [0.1, 0.15) is 0 Å². The van der Waals surface area contributed by atoms with Crippen molar-refractivity contribution in [2.24, 2.45) is 0 Å². The van der Waals surface area contributed by atoms with Crippen molar-refractivity contribution in [3.05, 3.63) is 0 Å². The summed E-state index contributed by atoms with van der Waals surface area (Å²) in [5.41, 5.74) is 0. The van der Waals surface area contributed by atoms with Crippen LogP contribution >= 0.6 is 7.82 Å². The van der Waals surface area contributed by atoms with E-state index in [9.17, 15) is 0 Å². The third kappa shape index (κ3) is 151. The Kier molecular flexibility index (Phi) is 52.5. The summed E-state index contributed by atoms with van der Waals surface area (Å²) < 4.78 is 50.7. The minimum absolute atomic E-state index is 0.994. The molecule has 0 saturated carbocycles. The molecule has 328 valence electrons. The van der Waals surface area contributed by atoms with Crippen LogP contribution in [0.3, 0.4) is 0 Å². The molecule has 8 rings (SSSR count). The van der Waals surface area contributed by atoms with E-state index in [1.165, 1.54) is 128 Å². The Balaban J connectivity index is 0. The molecule has 0 radical (unpaired) electrons. The molecule has 0 aliphatic carbocycles. The number of epoxide rings is 8. The third-order valence-electron chi connectivity index (χ3n) is 6.92. The summed E-state index contributed by atoms with van der Waals surface area (Å²) in [6.45, 7) is 22.6. The largest absolute Gasteiger partial charge is 0.466 e. The summed E-state index contributed by atoms with van der Waals surface area (Å²) in [4.78, 5) is 21.6. The molecule has 0 atom stereocenters. The molecule has 8 fully saturated rings. The molecule has 8 aliphatic heterocycles. The number of phosphoric acid groups is 1. The lowest BCUT2D eigenvalue weighted by atomic mass is 10.1. The van der Waals surface area contributed by atoms with Crippen LogP contribution in [0, 0.1) is 0 Å². The van der Waals surface area contributed by atoms with Crippen molar-refractivity contribution in [1.82, 2.24) is 0 Å². The van der Waals surface area contributed by atoms with Crippen LogP contribution in [0.5, 0.6) is 0 Å². The SMILES string of the molecule is C1CO1.C1CO1.C1CO1.C1CO1.C1CO1.C1CO1.C1CO1.C1CO1.CCCCCCCCCCCCOCCCCCCCCCCCC.O=P(O)(O)O. The molecule has 13 nitrogen and oxygen atoms in total. The lowest BCUT2D eigenvalue weighted by molar-refractivity contribution is 0.125. The second kappa shape index (κ2) is 50.8. The lowest BCUT2D eigenvalue weighted by Crippen LogP contribution is -1.97. The van der Waals surface area contributed by atoms with Crippen LogP contribution in [0.4, 0.5) is 0 Å². The topological polar surface area (TPSA) is 187 Å². The molecule has 0 aromatic carbocycles. The number of unbranched alkanes of at least 4 members (excludes halogenated alkanes) is 18. The first-order valence-corrected chi connectivity index (χ1v) is 23.0. The zero-order valence-corrected chi connectivity index (χ0v) is 35.6. The average Bonchev–Trinajstić information content (AvgIpc) is 3.97. The molecule has 8 heterocycles. The first-order chi connectivity index (χ1) is 26.4. The van der Waals surface area contributed by atoms with Gasteiger partial charge in [-0.05, 0) is 12.8 Å². The first-order valence-electron chi connectivity index (χ1n) is 21.4. The van der Waals surface area contributed by atoms with E-state index in [0.717, 1.165) is 119 Å². The predicted octanol–water partition coefficient (Wildman–Crippen LogP) is 8.05. The maximum absolute atomic E-state index is 8.88. The molecular weight excluding hydrogens is 719 g/mol. The summed E-state index contributed by atoms with van der Waals surface area (Å²) >= 11 is 0. The number of ether oxygens (including phenoxy) is 9. The summed E-state index contributed by atoms with van der Waals surface area (Å²) in [7, 11) is -4.64. The van der Waals surface area contributed by atoms with Gasteiger partial charge in [0.25, 0.3) is 0 Å². The van der Waals surface area contributed by atoms with E-state index in [0.29, 0.717) is 0 Å². The Labute approximate surface area is 330 Å². The van der Waals surface area contributed by atoms with E-state index in [1.807, 2.05) is 0 Å². The highest BCUT2D eigenvalue weighted by Gasteiger charge is 2.00. The highest BCUT2D eigenvalue weighted by atomic mass is 31.2. The van der Waals surface area contributed by atoms with Crippen molar-refractivity contribution in [3.8, 4) is 0 Å². The minimum Gasteiger partial charge on any atom is -0.381 e. The van der Waals surface area contributed by atoms with Crippen molar-refractivity contribution < 1.29 is 61.9 Å². The van der Waals surface area contributed by atoms with Gasteiger partial charge in [0, 0.05) is 13.2 Å². The van der Waals surface area contributed by atoms with Gasteiger partial charge in [-0.25, -0.2) is 4.57 Å². The molecule has 0 aromatic heterocycles. The Morgan fingerprint density at radius 2 is 0.463 bits per heavy atom. The van der Waals surface area contributed by atoms with Crippen molar-refractivity contribution >= 4 is 7.82 Å². The molecule has 0 unspecified atom stereocenters. The van der Waals surface area contributed by atoms with Gasteiger partial charge in [-0.2, -0.15) is 0 Å². The van der Waals surface area contributed by atoms with Crippen LogP contribution < -0.4 is 0 Å². The maximum Gasteiger partial charge on any atom is 0.466 e. The summed E-state index contributed by atoms with van der Waals surface area (Å²) in [6, 6.07) is 0. The van der Waals surface area contributed by atoms with E-state index in [2.05, 4.69) is 51.7 Å². The van der Waals surface area contributed by atoms with Gasteiger partial charge in [-0.3, -0.25) is 0 Å². The number of hydrogen-bond acceptors (Lipinski definition) is 10. The molecule has 0 aromatic rings. The first kappa shape index (κ1) is 55.8. The van der Waals surface area contributed by atoms with Crippen LogP contribution in [0.25, 0.3) is 0 Å². The van der Waals surface area contributed by atoms with Gasteiger partial charge < -0.3 is 57.3 Å². The molecule has 0 spiro atoms. The van der Waals surface area contributed by atoms with Gasteiger partial charge in [0.15, 0.2) is 0 Å². The fourth-order valence-electron chi connectivity index (χ4n) is 3.49. The summed E-state index contributed by atoms with van der Waals surface area (Å²) in [5, 5.41) is 0. The highest BCUT2D eigenvalue weighted by molar-refractivity contribution is 7.45. The number of rotatable bonds is 22. The van der Waals surface area contributed by atoms with Crippen LogP contribution in [-0.2, 0) is 47.2 Å². The normalized spacial score (nSPS) is 17.0. The average molecular weight is 805 g/mol. The molecule has 8 aliphatic rings. The maximum atomic E-state index is 8.88. The lowest BCUT2D eigenvalue weighted by Gasteiger charge is -2.05. The number of hydrogen-bond donors (Lipinski definition) is 3. The van der Waals surface area contributed by atoms with E-state index < -0.39 is 7.82 Å². The van der Waals surface area contributed by atoms with E-state index >= 15 is 0 Å². The Morgan fingerprint density at radius 3 is 0.593 bits per heavy atom. The molecule has 0 amide bonds. The molecule has 8 saturated heterocycles. The molecule has 0 bridgehead atoms. The fraction of sp³-hybridized carbons (Fsp3) is 1.00. The standard InChI is InChI=1S/C24H50O.8C2H4O.H3O4P/c1-3-5-7-9-11-13-15-17-19-21-23-25-24-22-20-18-16-14-12-10-8-6-4-2;8*1-2-3-1;1-5(2,3)4/h3-24H2,1-2H3;8*1-2H2;(H3,1,2,3,4). The van der Waals surface area contributed by atoms with Gasteiger partial charge in [-0.1, -0.05) is 129 Å². The van der Waals surface area contributed by atoms with Gasteiger partial charge in [0.2, 0.25) is 0 Å². The second-order valence-electron chi connectivity index (χ2n) is 13.4. The second-order valence-corrected chi connectivity index (χ2v) is 14.4. The minimum atomic E-state index is -4.64. The Bertz CT molecular complexity index is 562.